The molecule has 0 radical (unpaired) electrons. The van der Waals surface area contributed by atoms with Crippen molar-refractivity contribution in [1.29, 1.82) is 0 Å². The molecule has 0 atom stereocenters. The molecule has 0 unspecified atom stereocenters. The Morgan fingerprint density at radius 1 is 1.03 bits per heavy atom. The fourth-order valence-corrected chi connectivity index (χ4v) is 3.02. The highest BCUT2D eigenvalue weighted by Gasteiger charge is 2.12. The van der Waals surface area contributed by atoms with Gasteiger partial charge in [-0.2, -0.15) is 0 Å². The lowest BCUT2D eigenvalue weighted by molar-refractivity contribution is -0.111. The summed E-state index contributed by atoms with van der Waals surface area (Å²) in [4.78, 5) is 28.7. The number of hydrogen-bond donors (Lipinski definition) is 2. The third kappa shape index (κ3) is 5.67. The van der Waals surface area contributed by atoms with E-state index in [4.69, 9.17) is 23.2 Å². The van der Waals surface area contributed by atoms with E-state index in [9.17, 15) is 9.59 Å². The summed E-state index contributed by atoms with van der Waals surface area (Å²) in [5.74, 6) is -0.662. The number of nitrogens with one attached hydrogen (secondary N) is 2. The second kappa shape index (κ2) is 9.37. The van der Waals surface area contributed by atoms with Gasteiger partial charge in [0, 0.05) is 34.9 Å². The number of nitrogens with zero attached hydrogens (tertiary/aromatic N) is 1. The molecule has 0 saturated heterocycles. The van der Waals surface area contributed by atoms with Crippen LogP contribution in [-0.2, 0) is 4.79 Å². The third-order valence-corrected chi connectivity index (χ3v) is 4.59. The lowest BCUT2D eigenvalue weighted by Crippen LogP contribution is -2.14. The number of carbonyl (C=O) groups excluding carboxylic acids is 2. The van der Waals surface area contributed by atoms with Gasteiger partial charge in [0.1, 0.15) is 0 Å². The molecular formula is C22H17Cl2N3O2. The fraction of sp³-hybridized carbons (Fsp3) is 0.0455. The first-order valence-corrected chi connectivity index (χ1v) is 9.44. The zero-order chi connectivity index (χ0) is 20.8. The van der Waals surface area contributed by atoms with E-state index in [1.165, 1.54) is 12.1 Å². The molecule has 0 aliphatic heterocycles. The van der Waals surface area contributed by atoms with Gasteiger partial charge in [-0.15, -0.1) is 0 Å². The van der Waals surface area contributed by atoms with Crippen LogP contribution in [-0.4, -0.2) is 16.8 Å². The largest absolute Gasteiger partial charge is 0.322 e. The highest BCUT2D eigenvalue weighted by atomic mass is 35.5. The van der Waals surface area contributed by atoms with E-state index in [1.807, 2.05) is 13.0 Å². The van der Waals surface area contributed by atoms with Crippen LogP contribution in [0.1, 0.15) is 21.5 Å². The van der Waals surface area contributed by atoms with E-state index in [0.29, 0.717) is 22.0 Å². The van der Waals surface area contributed by atoms with Gasteiger partial charge in [-0.3, -0.25) is 14.6 Å². The van der Waals surface area contributed by atoms with Gasteiger partial charge in [0.15, 0.2) is 0 Å². The van der Waals surface area contributed by atoms with Crippen LogP contribution in [0.15, 0.2) is 67.0 Å². The molecule has 0 saturated carbocycles. The van der Waals surface area contributed by atoms with Crippen LogP contribution in [0, 0.1) is 6.92 Å². The smallest absolute Gasteiger partial charge is 0.257 e. The molecule has 0 bridgehead atoms. The highest BCUT2D eigenvalue weighted by molar-refractivity contribution is 6.37. The standard InChI is InChI=1S/C22H17Cl2N3O2/c1-14-4-7-17(26-22(29)18-8-6-16(23)11-19(18)24)12-20(14)27-21(28)9-5-15-3-2-10-25-13-15/h2-13H,1H3,(H,26,29)(H,27,28). The maximum atomic E-state index is 12.5. The van der Waals surface area contributed by atoms with E-state index in [1.54, 1.807) is 54.9 Å². The second-order valence-electron chi connectivity index (χ2n) is 6.22. The van der Waals surface area contributed by atoms with Gasteiger partial charge >= 0.3 is 0 Å². The Morgan fingerprint density at radius 3 is 2.59 bits per heavy atom. The molecule has 0 aliphatic rings. The number of rotatable bonds is 5. The summed E-state index contributed by atoms with van der Waals surface area (Å²) in [6.07, 6.45) is 6.42. The number of aromatic nitrogens is 1. The minimum absolute atomic E-state index is 0.260. The first kappa shape index (κ1) is 20.6. The molecule has 0 aliphatic carbocycles. The van der Waals surface area contributed by atoms with Gasteiger partial charge in [0.2, 0.25) is 5.91 Å². The van der Waals surface area contributed by atoms with E-state index >= 15 is 0 Å². The van der Waals surface area contributed by atoms with E-state index in [-0.39, 0.29) is 16.8 Å². The van der Waals surface area contributed by atoms with Crippen LogP contribution in [0.4, 0.5) is 11.4 Å². The van der Waals surface area contributed by atoms with E-state index in [2.05, 4.69) is 15.6 Å². The van der Waals surface area contributed by atoms with Crippen LogP contribution in [0.2, 0.25) is 10.0 Å². The Balaban J connectivity index is 1.71. The molecule has 2 amide bonds. The molecule has 3 rings (SSSR count). The Labute approximate surface area is 178 Å². The zero-order valence-corrected chi connectivity index (χ0v) is 17.0. The van der Waals surface area contributed by atoms with Gasteiger partial charge in [0.05, 0.1) is 10.6 Å². The summed E-state index contributed by atoms with van der Waals surface area (Å²) in [7, 11) is 0. The van der Waals surface area contributed by atoms with Gasteiger partial charge < -0.3 is 10.6 Å². The minimum atomic E-state index is -0.371. The van der Waals surface area contributed by atoms with Crippen molar-refractivity contribution in [2.24, 2.45) is 0 Å². The van der Waals surface area contributed by atoms with E-state index < -0.39 is 0 Å². The molecule has 1 heterocycles. The lowest BCUT2D eigenvalue weighted by Gasteiger charge is -2.11. The molecule has 146 valence electrons. The first-order valence-electron chi connectivity index (χ1n) is 8.68. The average molecular weight is 426 g/mol. The Morgan fingerprint density at radius 2 is 1.86 bits per heavy atom. The van der Waals surface area contributed by atoms with Crippen molar-refractivity contribution in [2.75, 3.05) is 10.6 Å². The number of hydrogen-bond acceptors (Lipinski definition) is 3. The molecular weight excluding hydrogens is 409 g/mol. The molecule has 7 heteroatoms. The van der Waals surface area contributed by atoms with Crippen molar-refractivity contribution in [2.45, 2.75) is 6.92 Å². The zero-order valence-electron chi connectivity index (χ0n) is 15.4. The highest BCUT2D eigenvalue weighted by Crippen LogP contribution is 2.24. The Kier molecular flexibility index (Phi) is 6.65. The number of halogens is 2. The van der Waals surface area contributed by atoms with Crippen LogP contribution in [0.5, 0.6) is 0 Å². The fourth-order valence-electron chi connectivity index (χ4n) is 2.53. The van der Waals surface area contributed by atoms with Crippen molar-refractivity contribution < 1.29 is 9.59 Å². The minimum Gasteiger partial charge on any atom is -0.322 e. The molecule has 29 heavy (non-hydrogen) atoms. The molecule has 5 nitrogen and oxygen atoms in total. The SMILES string of the molecule is Cc1ccc(NC(=O)c2ccc(Cl)cc2Cl)cc1NC(=O)C=Cc1cccnc1. The lowest BCUT2D eigenvalue weighted by atomic mass is 10.1. The number of carbonyl (C=O) groups is 2. The average Bonchev–Trinajstić information content (AvgIpc) is 2.69. The van der Waals surface area contributed by atoms with Gasteiger partial charge in [-0.05, 0) is 60.5 Å². The van der Waals surface area contributed by atoms with Crippen LogP contribution < -0.4 is 10.6 Å². The monoisotopic (exact) mass is 425 g/mol. The van der Waals surface area contributed by atoms with Crippen LogP contribution in [0.3, 0.4) is 0 Å². The number of amides is 2. The van der Waals surface area contributed by atoms with Crippen LogP contribution >= 0.6 is 23.2 Å². The van der Waals surface area contributed by atoms with Crippen molar-refractivity contribution in [3.05, 3.63) is 93.7 Å². The van der Waals surface area contributed by atoms with Crippen molar-refractivity contribution >= 4 is 52.5 Å². The molecule has 0 spiro atoms. The predicted octanol–water partition coefficient (Wildman–Crippen LogP) is 5.60. The van der Waals surface area contributed by atoms with Gasteiger partial charge in [-0.1, -0.05) is 35.3 Å². The number of benzene rings is 2. The van der Waals surface area contributed by atoms with Crippen molar-refractivity contribution in [3.8, 4) is 0 Å². The number of pyridine rings is 1. The number of anilines is 2. The number of aryl methyl sites for hydroxylation is 1. The summed E-state index contributed by atoms with van der Waals surface area (Å²) < 4.78 is 0. The summed E-state index contributed by atoms with van der Waals surface area (Å²) in [5.41, 5.74) is 3.10. The maximum Gasteiger partial charge on any atom is 0.257 e. The molecule has 2 aromatic carbocycles. The first-order chi connectivity index (χ1) is 13.9. The van der Waals surface area contributed by atoms with E-state index in [0.717, 1.165) is 11.1 Å². The normalized spacial score (nSPS) is 10.7. The predicted molar refractivity (Wildman–Crippen MR) is 117 cm³/mol. The topological polar surface area (TPSA) is 71.1 Å². The molecule has 1 aromatic heterocycles. The third-order valence-electron chi connectivity index (χ3n) is 4.04. The molecule has 0 fully saturated rings. The van der Waals surface area contributed by atoms with Crippen LogP contribution in [0.25, 0.3) is 6.08 Å². The summed E-state index contributed by atoms with van der Waals surface area (Å²) in [5, 5.41) is 6.30. The van der Waals surface area contributed by atoms with Crippen molar-refractivity contribution in [1.82, 2.24) is 4.98 Å². The molecule has 2 N–H and O–H groups in total. The summed E-state index contributed by atoms with van der Waals surface area (Å²) in [6.45, 7) is 1.86. The quantitative estimate of drug-likeness (QED) is 0.522. The molecule has 3 aromatic rings. The Bertz CT molecular complexity index is 1080. The maximum absolute atomic E-state index is 12.5. The van der Waals surface area contributed by atoms with Crippen molar-refractivity contribution in [3.63, 3.8) is 0 Å². The Hall–Kier alpha value is -3.15. The summed E-state index contributed by atoms with van der Waals surface area (Å²) >= 11 is 12.0. The van der Waals surface area contributed by atoms with Gasteiger partial charge in [-0.25, -0.2) is 0 Å². The second-order valence-corrected chi connectivity index (χ2v) is 7.06. The summed E-state index contributed by atoms with van der Waals surface area (Å²) in [6, 6.07) is 13.5. The van der Waals surface area contributed by atoms with Gasteiger partial charge in [0.25, 0.3) is 5.91 Å².